The molecule has 0 aliphatic rings. The van der Waals surface area contributed by atoms with Crippen molar-refractivity contribution in [3.8, 4) is 5.75 Å². The summed E-state index contributed by atoms with van der Waals surface area (Å²) in [5.41, 5.74) is 0.755. The van der Waals surface area contributed by atoms with E-state index in [-0.39, 0.29) is 17.9 Å². The first kappa shape index (κ1) is 17.5. The van der Waals surface area contributed by atoms with E-state index in [1.807, 2.05) is 6.92 Å². The molecule has 1 aromatic rings. The van der Waals surface area contributed by atoms with Gasteiger partial charge in [0.25, 0.3) is 0 Å². The summed E-state index contributed by atoms with van der Waals surface area (Å²) < 4.78 is 32.0. The molecule has 1 rings (SSSR count). The Hall–Kier alpha value is -1.60. The van der Waals surface area contributed by atoms with Gasteiger partial charge in [0.05, 0.1) is 11.5 Å². The van der Waals surface area contributed by atoms with Crippen LogP contribution in [0.1, 0.15) is 31.7 Å². The minimum atomic E-state index is -3.57. The molecule has 7 heteroatoms. The third kappa shape index (κ3) is 5.73. The minimum Gasteiger partial charge on any atom is -0.494 e. The number of rotatable bonds is 9. The molecular formula is C14H21NO5S. The fraction of sp³-hybridized carbons (Fsp3) is 0.500. The molecule has 0 unspecified atom stereocenters. The van der Waals surface area contributed by atoms with Crippen molar-refractivity contribution in [2.45, 2.75) is 38.0 Å². The summed E-state index contributed by atoms with van der Waals surface area (Å²) in [5.74, 6) is -0.210. The number of hydrogen-bond acceptors (Lipinski definition) is 4. The maximum Gasteiger partial charge on any atom is 0.303 e. The van der Waals surface area contributed by atoms with Crippen molar-refractivity contribution in [1.29, 1.82) is 0 Å². The summed E-state index contributed by atoms with van der Waals surface area (Å²) in [7, 11) is -3.57. The maximum atomic E-state index is 12.1. The van der Waals surface area contributed by atoms with Gasteiger partial charge in [-0.1, -0.05) is 0 Å². The monoisotopic (exact) mass is 315 g/mol. The summed E-state index contributed by atoms with van der Waals surface area (Å²) in [5, 5.41) is 8.50. The van der Waals surface area contributed by atoms with E-state index in [0.29, 0.717) is 25.2 Å². The number of sulfonamides is 1. The number of unbranched alkanes of at least 4 members (excludes halogenated alkanes) is 1. The van der Waals surface area contributed by atoms with Crippen molar-refractivity contribution in [2.24, 2.45) is 0 Å². The van der Waals surface area contributed by atoms with Gasteiger partial charge in [0.2, 0.25) is 10.0 Å². The number of carboxylic acids is 1. The Bertz CT molecular complexity index is 583. The lowest BCUT2D eigenvalue weighted by atomic mass is 10.2. The number of aryl methyl sites for hydroxylation is 1. The van der Waals surface area contributed by atoms with Crippen LogP contribution in [0.4, 0.5) is 0 Å². The highest BCUT2D eigenvalue weighted by molar-refractivity contribution is 7.89. The van der Waals surface area contributed by atoms with Crippen LogP contribution in [-0.4, -0.2) is 32.6 Å². The highest BCUT2D eigenvalue weighted by Crippen LogP contribution is 2.21. The number of carbonyl (C=O) groups is 1. The van der Waals surface area contributed by atoms with E-state index in [4.69, 9.17) is 9.84 Å². The first-order valence-corrected chi connectivity index (χ1v) is 8.30. The average Bonchev–Trinajstić information content (AvgIpc) is 2.40. The zero-order chi connectivity index (χ0) is 15.9. The summed E-state index contributed by atoms with van der Waals surface area (Å²) in [4.78, 5) is 10.5. The topological polar surface area (TPSA) is 92.7 Å². The van der Waals surface area contributed by atoms with Crippen molar-refractivity contribution >= 4 is 16.0 Å². The van der Waals surface area contributed by atoms with Crippen LogP contribution in [0.25, 0.3) is 0 Å². The molecule has 2 N–H and O–H groups in total. The molecule has 6 nitrogen and oxygen atoms in total. The molecule has 0 heterocycles. The molecule has 0 spiro atoms. The third-order valence-corrected chi connectivity index (χ3v) is 4.32. The van der Waals surface area contributed by atoms with Crippen LogP contribution in [0.2, 0.25) is 0 Å². The molecule has 0 radical (unpaired) electrons. The van der Waals surface area contributed by atoms with Crippen molar-refractivity contribution < 1.29 is 23.1 Å². The quantitative estimate of drug-likeness (QED) is 0.679. The molecule has 21 heavy (non-hydrogen) atoms. The predicted molar refractivity (Wildman–Crippen MR) is 79.0 cm³/mol. The van der Waals surface area contributed by atoms with Crippen LogP contribution in [0.3, 0.4) is 0 Å². The lowest BCUT2D eigenvalue weighted by Crippen LogP contribution is -2.25. The second-order valence-corrected chi connectivity index (χ2v) is 6.38. The first-order valence-electron chi connectivity index (χ1n) is 6.81. The molecule has 0 amide bonds. The Labute approximate surface area is 125 Å². The average molecular weight is 315 g/mol. The van der Waals surface area contributed by atoms with Crippen LogP contribution >= 0.6 is 0 Å². The molecular weight excluding hydrogens is 294 g/mol. The van der Waals surface area contributed by atoms with E-state index < -0.39 is 16.0 Å². The molecule has 0 aliphatic carbocycles. The van der Waals surface area contributed by atoms with Crippen LogP contribution in [-0.2, 0) is 14.8 Å². The maximum absolute atomic E-state index is 12.1. The largest absolute Gasteiger partial charge is 0.494 e. The lowest BCUT2D eigenvalue weighted by Gasteiger charge is -2.10. The van der Waals surface area contributed by atoms with Crippen molar-refractivity contribution in [2.75, 3.05) is 13.2 Å². The number of benzene rings is 1. The Kier molecular flexibility index (Phi) is 6.64. The molecule has 1 aromatic carbocycles. The van der Waals surface area contributed by atoms with Crippen molar-refractivity contribution in [3.63, 3.8) is 0 Å². The summed E-state index contributed by atoms with van der Waals surface area (Å²) in [6, 6.07) is 4.69. The van der Waals surface area contributed by atoms with Gasteiger partial charge >= 0.3 is 5.97 Å². The molecule has 0 aromatic heterocycles. The normalized spacial score (nSPS) is 11.3. The van der Waals surface area contributed by atoms with E-state index in [0.717, 1.165) is 5.56 Å². The predicted octanol–water partition coefficient (Wildman–Crippen LogP) is 1.93. The Morgan fingerprint density at radius 1 is 1.33 bits per heavy atom. The molecule has 118 valence electrons. The number of carboxylic acid groups (broad SMARTS) is 1. The van der Waals surface area contributed by atoms with Gasteiger partial charge in [0, 0.05) is 13.0 Å². The zero-order valence-electron chi connectivity index (χ0n) is 12.3. The molecule has 0 aliphatic heterocycles. The minimum absolute atomic E-state index is 0.0455. The van der Waals surface area contributed by atoms with Crippen LogP contribution in [0.5, 0.6) is 5.75 Å². The fourth-order valence-corrected chi connectivity index (χ4v) is 2.96. The zero-order valence-corrected chi connectivity index (χ0v) is 13.1. The molecule has 0 atom stereocenters. The number of hydrogen-bond donors (Lipinski definition) is 2. The van der Waals surface area contributed by atoms with Crippen molar-refractivity contribution in [1.82, 2.24) is 4.72 Å². The van der Waals surface area contributed by atoms with E-state index in [9.17, 15) is 13.2 Å². The van der Waals surface area contributed by atoms with Gasteiger partial charge < -0.3 is 9.84 Å². The van der Waals surface area contributed by atoms with Crippen LogP contribution < -0.4 is 9.46 Å². The lowest BCUT2D eigenvalue weighted by molar-refractivity contribution is -0.137. The highest BCUT2D eigenvalue weighted by atomic mass is 32.2. The van der Waals surface area contributed by atoms with Gasteiger partial charge in [-0.2, -0.15) is 0 Å². The summed E-state index contributed by atoms with van der Waals surface area (Å²) in [6.45, 7) is 4.40. The SMILES string of the molecule is CCOc1ccc(S(=O)(=O)NCCCCC(=O)O)cc1C. The fourth-order valence-electron chi connectivity index (χ4n) is 1.80. The summed E-state index contributed by atoms with van der Waals surface area (Å²) in [6.07, 6.45) is 0.978. The standard InChI is InChI=1S/C14H21NO5S/c1-3-20-13-8-7-12(10-11(13)2)21(18,19)15-9-5-4-6-14(16)17/h7-8,10,15H,3-6,9H2,1-2H3,(H,16,17). The Morgan fingerprint density at radius 3 is 2.62 bits per heavy atom. The second kappa shape index (κ2) is 7.99. The van der Waals surface area contributed by atoms with Gasteiger partial charge in [-0.15, -0.1) is 0 Å². The van der Waals surface area contributed by atoms with Crippen LogP contribution in [0.15, 0.2) is 23.1 Å². The Morgan fingerprint density at radius 2 is 2.05 bits per heavy atom. The van der Waals surface area contributed by atoms with Gasteiger partial charge in [0.15, 0.2) is 0 Å². The number of aliphatic carboxylic acids is 1. The van der Waals surface area contributed by atoms with Gasteiger partial charge in [-0.3, -0.25) is 4.79 Å². The second-order valence-electron chi connectivity index (χ2n) is 4.61. The smallest absolute Gasteiger partial charge is 0.303 e. The molecule has 0 fully saturated rings. The third-order valence-electron chi connectivity index (χ3n) is 2.87. The number of ether oxygens (including phenoxy) is 1. The van der Waals surface area contributed by atoms with Crippen molar-refractivity contribution in [3.05, 3.63) is 23.8 Å². The summed E-state index contributed by atoms with van der Waals surface area (Å²) >= 11 is 0. The number of nitrogens with one attached hydrogen (secondary N) is 1. The van der Waals surface area contributed by atoms with Crippen LogP contribution in [0, 0.1) is 6.92 Å². The van der Waals surface area contributed by atoms with Gasteiger partial charge in [-0.25, -0.2) is 13.1 Å². The molecule has 0 saturated carbocycles. The first-order chi connectivity index (χ1) is 9.86. The van der Waals surface area contributed by atoms with Gasteiger partial charge in [-0.05, 0) is 50.5 Å². The molecule has 0 bridgehead atoms. The van der Waals surface area contributed by atoms with E-state index in [1.165, 1.54) is 6.07 Å². The van der Waals surface area contributed by atoms with Gasteiger partial charge in [0.1, 0.15) is 5.75 Å². The van der Waals surface area contributed by atoms with E-state index in [1.54, 1.807) is 19.1 Å². The van der Waals surface area contributed by atoms with E-state index in [2.05, 4.69) is 4.72 Å². The highest BCUT2D eigenvalue weighted by Gasteiger charge is 2.14. The van der Waals surface area contributed by atoms with E-state index >= 15 is 0 Å². The Balaban J connectivity index is 2.62. The molecule has 0 saturated heterocycles.